The van der Waals surface area contributed by atoms with Gasteiger partial charge >= 0.3 is 0 Å². The molecule has 0 aliphatic carbocycles. The molecule has 0 spiro atoms. The van der Waals surface area contributed by atoms with Gasteiger partial charge in [-0.05, 0) is 34.1 Å². The highest BCUT2D eigenvalue weighted by Crippen LogP contribution is 2.28. The molecule has 0 amide bonds. The van der Waals surface area contributed by atoms with Crippen LogP contribution in [-0.2, 0) is 10.0 Å². The fraction of sp³-hybridized carbons (Fsp3) is 0. The Balaban J connectivity index is 2.33. The number of nitrogens with zero attached hydrogens (tertiary/aromatic N) is 1. The lowest BCUT2D eigenvalue weighted by Crippen LogP contribution is -2.15. The Morgan fingerprint density at radius 1 is 1.24 bits per heavy atom. The summed E-state index contributed by atoms with van der Waals surface area (Å²) in [7, 11) is -3.89. The van der Waals surface area contributed by atoms with Gasteiger partial charge in [0.15, 0.2) is 0 Å². The van der Waals surface area contributed by atoms with Crippen molar-refractivity contribution < 1.29 is 13.3 Å². The lowest BCUT2D eigenvalue weighted by molar-refractivity contribution is -0.385. The van der Waals surface area contributed by atoms with Gasteiger partial charge in [-0.2, -0.15) is 0 Å². The molecule has 10 heteroatoms. The Kier molecular flexibility index (Phi) is 4.09. The van der Waals surface area contributed by atoms with Crippen molar-refractivity contribution in [1.82, 2.24) is 4.98 Å². The first-order valence-corrected chi connectivity index (χ1v) is 7.73. The van der Waals surface area contributed by atoms with Crippen LogP contribution in [0.25, 0.3) is 0 Å². The number of hydrogen-bond donors (Lipinski definition) is 2. The van der Waals surface area contributed by atoms with Gasteiger partial charge in [0.2, 0.25) is 5.56 Å². The second-order valence-electron chi connectivity index (χ2n) is 3.92. The van der Waals surface area contributed by atoms with Gasteiger partial charge in [0.1, 0.15) is 4.90 Å². The zero-order valence-corrected chi connectivity index (χ0v) is 12.6. The average Bonchev–Trinajstić information content (AvgIpc) is 2.38. The molecule has 2 aromatic rings. The highest BCUT2D eigenvalue weighted by Gasteiger charge is 2.17. The van der Waals surface area contributed by atoms with Crippen LogP contribution in [0, 0.1) is 10.1 Å². The van der Waals surface area contributed by atoms with Crippen molar-refractivity contribution in [2.24, 2.45) is 0 Å². The van der Waals surface area contributed by atoms with E-state index in [1.54, 1.807) is 0 Å². The summed E-state index contributed by atoms with van der Waals surface area (Å²) in [5.74, 6) is 0. The van der Waals surface area contributed by atoms with E-state index in [0.717, 1.165) is 18.3 Å². The maximum atomic E-state index is 12.1. The molecule has 0 radical (unpaired) electrons. The molecule has 110 valence electrons. The molecule has 0 fully saturated rings. The number of nitro benzene ring substituents is 1. The highest BCUT2D eigenvalue weighted by atomic mass is 79.9. The molecule has 0 aliphatic heterocycles. The van der Waals surface area contributed by atoms with E-state index in [9.17, 15) is 23.3 Å². The van der Waals surface area contributed by atoms with E-state index >= 15 is 0 Å². The quantitative estimate of drug-likeness (QED) is 0.625. The fourth-order valence-electron chi connectivity index (χ4n) is 1.50. The first-order chi connectivity index (χ1) is 9.79. The number of H-pyrrole nitrogens is 1. The second kappa shape index (κ2) is 5.66. The zero-order valence-electron chi connectivity index (χ0n) is 10.2. The molecule has 0 aliphatic rings. The molecule has 1 heterocycles. The third-order valence-electron chi connectivity index (χ3n) is 2.46. The topological polar surface area (TPSA) is 122 Å². The molecule has 1 aromatic carbocycles. The van der Waals surface area contributed by atoms with E-state index in [1.165, 1.54) is 18.2 Å². The zero-order chi connectivity index (χ0) is 15.6. The minimum atomic E-state index is -3.89. The van der Waals surface area contributed by atoms with E-state index in [1.807, 2.05) is 0 Å². The maximum Gasteiger partial charge on any atom is 0.283 e. The summed E-state index contributed by atoms with van der Waals surface area (Å²) in [6.07, 6.45) is 1.06. The summed E-state index contributed by atoms with van der Waals surface area (Å²) in [5, 5.41) is 10.7. The van der Waals surface area contributed by atoms with Gasteiger partial charge in [0, 0.05) is 18.3 Å². The van der Waals surface area contributed by atoms with Crippen LogP contribution in [0.3, 0.4) is 0 Å². The third kappa shape index (κ3) is 3.47. The van der Waals surface area contributed by atoms with Crippen LogP contribution in [-0.4, -0.2) is 18.3 Å². The van der Waals surface area contributed by atoms with Crippen molar-refractivity contribution in [2.75, 3.05) is 4.72 Å². The summed E-state index contributed by atoms with van der Waals surface area (Å²) in [6, 6.07) is 5.96. The predicted octanol–water partition coefficient (Wildman–Crippen LogP) is 1.85. The van der Waals surface area contributed by atoms with Crippen molar-refractivity contribution in [2.45, 2.75) is 4.90 Å². The normalized spacial score (nSPS) is 11.1. The van der Waals surface area contributed by atoms with Crippen LogP contribution in [0.2, 0.25) is 0 Å². The second-order valence-corrected chi connectivity index (χ2v) is 6.45. The first-order valence-electron chi connectivity index (χ1n) is 5.45. The van der Waals surface area contributed by atoms with Crippen molar-refractivity contribution in [3.63, 3.8) is 0 Å². The fourth-order valence-corrected chi connectivity index (χ4v) is 3.04. The Morgan fingerprint density at radius 3 is 2.48 bits per heavy atom. The molecular weight excluding hydrogens is 366 g/mol. The van der Waals surface area contributed by atoms with Crippen molar-refractivity contribution >= 4 is 37.3 Å². The number of hydrogen-bond acceptors (Lipinski definition) is 5. The number of pyridine rings is 1. The number of halogens is 1. The number of aromatic amines is 1. The number of anilines is 1. The van der Waals surface area contributed by atoms with Gasteiger partial charge in [-0.1, -0.05) is 0 Å². The van der Waals surface area contributed by atoms with Gasteiger partial charge in [-0.25, -0.2) is 8.42 Å². The van der Waals surface area contributed by atoms with Gasteiger partial charge in [0.25, 0.3) is 15.7 Å². The summed E-state index contributed by atoms with van der Waals surface area (Å²) in [5.41, 5.74) is -0.451. The van der Waals surface area contributed by atoms with Crippen LogP contribution >= 0.6 is 15.9 Å². The highest BCUT2D eigenvalue weighted by molar-refractivity contribution is 9.10. The molecule has 0 saturated carbocycles. The van der Waals surface area contributed by atoms with Crippen LogP contribution in [0.1, 0.15) is 0 Å². The number of nitrogens with one attached hydrogen (secondary N) is 2. The minimum absolute atomic E-state index is 0.128. The van der Waals surface area contributed by atoms with Crippen LogP contribution in [0.15, 0.2) is 50.7 Å². The number of aromatic nitrogens is 1. The smallest absolute Gasteiger partial charge is 0.283 e. The van der Waals surface area contributed by atoms with Gasteiger partial charge < -0.3 is 4.98 Å². The lowest BCUT2D eigenvalue weighted by atomic mass is 10.3. The van der Waals surface area contributed by atoms with Crippen molar-refractivity contribution in [3.8, 4) is 0 Å². The number of sulfonamides is 1. The molecule has 1 aromatic heterocycles. The van der Waals surface area contributed by atoms with E-state index in [2.05, 4.69) is 25.6 Å². The first kappa shape index (κ1) is 15.2. The lowest BCUT2D eigenvalue weighted by Gasteiger charge is -2.08. The van der Waals surface area contributed by atoms with Crippen LogP contribution in [0.4, 0.5) is 11.4 Å². The Morgan fingerprint density at radius 2 is 1.95 bits per heavy atom. The molecule has 8 nitrogen and oxygen atoms in total. The van der Waals surface area contributed by atoms with Crippen molar-refractivity contribution in [1.29, 1.82) is 0 Å². The number of benzene rings is 1. The molecule has 0 atom stereocenters. The predicted molar refractivity (Wildman–Crippen MR) is 78.7 cm³/mol. The monoisotopic (exact) mass is 373 g/mol. The largest absolute Gasteiger partial charge is 0.328 e. The molecule has 0 saturated heterocycles. The standard InChI is InChI=1S/C11H8BrN3O5S/c12-9-5-7(1-3-10(9)15(17)18)14-21(19,20)8-2-4-11(16)13-6-8/h1-6,14H,(H,13,16). The third-order valence-corrected chi connectivity index (χ3v) is 4.48. The molecule has 0 bridgehead atoms. The number of nitro groups is 1. The molecule has 0 unspecified atom stereocenters. The SMILES string of the molecule is O=c1ccc(S(=O)(=O)Nc2ccc([N+](=O)[O-])c(Br)c2)c[nH]1. The molecule has 2 N–H and O–H groups in total. The summed E-state index contributed by atoms with van der Waals surface area (Å²) < 4.78 is 26.5. The molecule has 21 heavy (non-hydrogen) atoms. The number of rotatable bonds is 4. The Bertz CT molecular complexity index is 842. The summed E-state index contributed by atoms with van der Waals surface area (Å²) >= 11 is 3.00. The Labute approximate surface area is 127 Å². The maximum absolute atomic E-state index is 12.1. The summed E-state index contributed by atoms with van der Waals surface area (Å²) in [6.45, 7) is 0. The van der Waals surface area contributed by atoms with E-state index in [4.69, 9.17) is 0 Å². The van der Waals surface area contributed by atoms with Gasteiger partial charge in [0.05, 0.1) is 15.1 Å². The average molecular weight is 374 g/mol. The van der Waals surface area contributed by atoms with Crippen LogP contribution in [0.5, 0.6) is 0 Å². The molecular formula is C11H8BrN3O5S. The summed E-state index contributed by atoms with van der Waals surface area (Å²) in [4.78, 5) is 23.1. The van der Waals surface area contributed by atoms with Crippen molar-refractivity contribution in [3.05, 3.63) is 61.5 Å². The minimum Gasteiger partial charge on any atom is -0.328 e. The molecule has 2 rings (SSSR count). The van der Waals surface area contributed by atoms with E-state index in [-0.39, 0.29) is 20.7 Å². The van der Waals surface area contributed by atoms with Gasteiger partial charge in [-0.15, -0.1) is 0 Å². The van der Waals surface area contributed by atoms with Crippen LogP contribution < -0.4 is 10.3 Å². The van der Waals surface area contributed by atoms with Gasteiger partial charge in [-0.3, -0.25) is 19.6 Å². The van der Waals surface area contributed by atoms with E-state index < -0.39 is 20.5 Å². The Hall–Kier alpha value is -2.20. The van der Waals surface area contributed by atoms with E-state index in [0.29, 0.717) is 0 Å².